The van der Waals surface area contributed by atoms with E-state index in [-0.39, 0.29) is 36.4 Å². The van der Waals surface area contributed by atoms with E-state index in [9.17, 15) is 36.2 Å². The van der Waals surface area contributed by atoms with E-state index in [1.165, 1.54) is 6.07 Å². The normalized spacial score (nSPS) is 25.0. The summed E-state index contributed by atoms with van der Waals surface area (Å²) in [6.07, 6.45) is -10.3. The molecule has 0 radical (unpaired) electrons. The standard InChI is InChI=1S/C21H23F6N3O2/c1-10(9-31)28-19(32)11-6-13-12-4-3-5-15-17(12)14(7-16(13)29(2)8-11)18(20(22,23)24)30(15)21(25,26)27/h3-5,10-11,13,16,31H,6-9H2,1-2H3,(H,28,32)/t10?,11?,13?,16-/m1/s1. The number of hydrogen-bond acceptors (Lipinski definition) is 3. The predicted octanol–water partition coefficient (Wildman–Crippen LogP) is 3.59. The van der Waals surface area contributed by atoms with E-state index >= 15 is 0 Å². The summed E-state index contributed by atoms with van der Waals surface area (Å²) in [5.74, 6) is -1.19. The van der Waals surface area contributed by atoms with Gasteiger partial charge in [0.05, 0.1) is 18.0 Å². The molecule has 0 spiro atoms. The molecule has 1 amide bonds. The van der Waals surface area contributed by atoms with Gasteiger partial charge in [-0.3, -0.25) is 4.79 Å². The third-order valence-corrected chi connectivity index (χ3v) is 6.57. The van der Waals surface area contributed by atoms with E-state index in [0.29, 0.717) is 12.0 Å². The van der Waals surface area contributed by atoms with Crippen LogP contribution in [0.15, 0.2) is 18.2 Å². The molecule has 3 unspecified atom stereocenters. The Morgan fingerprint density at radius 3 is 2.53 bits per heavy atom. The lowest BCUT2D eigenvalue weighted by molar-refractivity contribution is -0.218. The minimum atomic E-state index is -5.23. The van der Waals surface area contributed by atoms with Crippen LogP contribution in [0.4, 0.5) is 26.3 Å². The van der Waals surface area contributed by atoms with E-state index in [1.807, 2.05) is 0 Å². The molecule has 2 aliphatic rings. The molecule has 1 fully saturated rings. The van der Waals surface area contributed by atoms with Crippen molar-refractivity contribution in [2.24, 2.45) is 5.92 Å². The fourth-order valence-corrected chi connectivity index (χ4v) is 5.28. The van der Waals surface area contributed by atoms with E-state index in [1.54, 1.807) is 24.9 Å². The van der Waals surface area contributed by atoms with Gasteiger partial charge in [0.1, 0.15) is 5.69 Å². The predicted molar refractivity (Wildman–Crippen MR) is 104 cm³/mol. The topological polar surface area (TPSA) is 57.5 Å². The van der Waals surface area contributed by atoms with Crippen molar-refractivity contribution >= 4 is 16.8 Å². The summed E-state index contributed by atoms with van der Waals surface area (Å²) in [6, 6.07) is 3.04. The number of benzene rings is 1. The van der Waals surface area contributed by atoms with Crippen molar-refractivity contribution in [3.63, 3.8) is 0 Å². The summed E-state index contributed by atoms with van der Waals surface area (Å²) in [5, 5.41) is 11.9. The summed E-state index contributed by atoms with van der Waals surface area (Å²) in [4.78, 5) is 14.4. The van der Waals surface area contributed by atoms with Gasteiger partial charge in [0.15, 0.2) is 0 Å². The molecule has 2 heterocycles. The van der Waals surface area contributed by atoms with Crippen LogP contribution in [0.2, 0.25) is 0 Å². The molecule has 0 bridgehead atoms. The van der Waals surface area contributed by atoms with Gasteiger partial charge in [0.25, 0.3) is 0 Å². The minimum Gasteiger partial charge on any atom is -0.394 e. The summed E-state index contributed by atoms with van der Waals surface area (Å²) in [6.45, 7) is 1.66. The molecule has 2 aromatic rings. The molecule has 4 atom stereocenters. The number of likely N-dealkylation sites (tertiary alicyclic amines) is 1. The summed E-state index contributed by atoms with van der Waals surface area (Å²) < 4.78 is 82.3. The first-order valence-electron chi connectivity index (χ1n) is 10.3. The Morgan fingerprint density at radius 1 is 1.25 bits per heavy atom. The molecule has 1 aliphatic heterocycles. The van der Waals surface area contributed by atoms with Crippen molar-refractivity contribution < 1.29 is 36.2 Å². The lowest BCUT2D eigenvalue weighted by Crippen LogP contribution is -2.52. The number of nitrogens with one attached hydrogen (secondary N) is 1. The molecule has 1 aliphatic carbocycles. The van der Waals surface area contributed by atoms with Crippen LogP contribution in [0.5, 0.6) is 0 Å². The van der Waals surface area contributed by atoms with Crippen LogP contribution in [-0.2, 0) is 23.7 Å². The van der Waals surface area contributed by atoms with E-state index in [4.69, 9.17) is 0 Å². The van der Waals surface area contributed by atoms with Gasteiger partial charge in [0.2, 0.25) is 5.91 Å². The number of amides is 1. The molecule has 11 heteroatoms. The van der Waals surface area contributed by atoms with Gasteiger partial charge in [-0.25, -0.2) is 4.57 Å². The van der Waals surface area contributed by atoms with Crippen LogP contribution in [0.25, 0.3) is 10.9 Å². The molecule has 1 saturated heterocycles. The zero-order valence-corrected chi connectivity index (χ0v) is 17.4. The molecule has 2 N–H and O–H groups in total. The average Bonchev–Trinajstić information content (AvgIpc) is 3.05. The number of alkyl halides is 6. The fraction of sp³-hybridized carbons (Fsp3) is 0.571. The zero-order chi connectivity index (χ0) is 23.6. The fourth-order valence-electron chi connectivity index (χ4n) is 5.28. The van der Waals surface area contributed by atoms with Crippen LogP contribution in [0.1, 0.15) is 36.1 Å². The number of fused-ring (bicyclic) bond motifs is 2. The summed E-state index contributed by atoms with van der Waals surface area (Å²) >= 11 is 0. The molecular weight excluding hydrogens is 440 g/mol. The molecule has 176 valence electrons. The molecular formula is C21H23F6N3O2. The molecule has 32 heavy (non-hydrogen) atoms. The zero-order valence-electron chi connectivity index (χ0n) is 17.4. The Kier molecular flexibility index (Phi) is 5.48. The van der Waals surface area contributed by atoms with Crippen molar-refractivity contribution in [3.8, 4) is 0 Å². The lowest BCUT2D eigenvalue weighted by atomic mass is 9.72. The van der Waals surface area contributed by atoms with E-state index in [0.717, 1.165) is 6.07 Å². The minimum absolute atomic E-state index is 0.0171. The van der Waals surface area contributed by atoms with Crippen LogP contribution >= 0.6 is 0 Å². The lowest BCUT2D eigenvalue weighted by Gasteiger charge is -2.45. The number of carbonyl (C=O) groups excluding carboxylic acids is 1. The number of piperidine rings is 1. The van der Waals surface area contributed by atoms with Gasteiger partial charge in [-0.1, -0.05) is 12.1 Å². The first-order valence-corrected chi connectivity index (χ1v) is 10.3. The first kappa shape index (κ1) is 22.9. The van der Waals surface area contributed by atoms with Gasteiger partial charge < -0.3 is 15.3 Å². The van der Waals surface area contributed by atoms with Crippen molar-refractivity contribution in [1.29, 1.82) is 0 Å². The Balaban J connectivity index is 1.85. The summed E-state index contributed by atoms with van der Waals surface area (Å²) in [7, 11) is 1.67. The highest BCUT2D eigenvalue weighted by Gasteiger charge is 2.50. The highest BCUT2D eigenvalue weighted by molar-refractivity contribution is 5.91. The van der Waals surface area contributed by atoms with Gasteiger partial charge >= 0.3 is 12.5 Å². The highest BCUT2D eigenvalue weighted by atomic mass is 19.4. The second-order valence-corrected chi connectivity index (χ2v) is 8.71. The van der Waals surface area contributed by atoms with Gasteiger partial charge in [-0.2, -0.15) is 13.2 Å². The second kappa shape index (κ2) is 7.65. The van der Waals surface area contributed by atoms with E-state index < -0.39 is 52.2 Å². The molecule has 0 saturated carbocycles. The van der Waals surface area contributed by atoms with Crippen molar-refractivity contribution in [1.82, 2.24) is 14.8 Å². The average molecular weight is 463 g/mol. The second-order valence-electron chi connectivity index (χ2n) is 8.71. The van der Waals surface area contributed by atoms with Gasteiger partial charge in [-0.15, -0.1) is 13.2 Å². The van der Waals surface area contributed by atoms with Crippen LogP contribution in [0, 0.1) is 5.92 Å². The number of rotatable bonds is 3. The van der Waals surface area contributed by atoms with Crippen molar-refractivity contribution in [3.05, 3.63) is 35.0 Å². The Bertz CT molecular complexity index is 1040. The van der Waals surface area contributed by atoms with Crippen LogP contribution < -0.4 is 5.32 Å². The smallest absolute Gasteiger partial charge is 0.394 e. The first-order chi connectivity index (χ1) is 14.8. The Morgan fingerprint density at radius 2 is 1.94 bits per heavy atom. The number of carbonyl (C=O) groups is 1. The number of aromatic nitrogens is 1. The monoisotopic (exact) mass is 463 g/mol. The van der Waals surface area contributed by atoms with Crippen molar-refractivity contribution in [2.45, 2.75) is 50.2 Å². The molecule has 4 rings (SSSR count). The maximum Gasteiger partial charge on any atom is 0.489 e. The molecule has 5 nitrogen and oxygen atoms in total. The SMILES string of the molecule is CC(CO)NC(=O)C1CC2c3cccc4c3c(c(C(F)(F)F)n4C(F)(F)F)C[C@H]2N(C)C1. The number of halogens is 6. The number of aliphatic hydroxyl groups excluding tert-OH is 1. The molecule has 1 aromatic heterocycles. The van der Waals surface area contributed by atoms with Gasteiger partial charge in [0, 0.05) is 29.9 Å². The Hall–Kier alpha value is -2.27. The van der Waals surface area contributed by atoms with Gasteiger partial charge in [-0.05, 0) is 44.0 Å². The number of likely N-dealkylation sites (N-methyl/N-ethyl adjacent to an activating group) is 1. The maximum absolute atomic E-state index is 13.9. The number of aliphatic hydroxyl groups is 1. The number of nitrogens with zero attached hydrogens (tertiary/aromatic N) is 2. The van der Waals surface area contributed by atoms with Crippen molar-refractivity contribution in [2.75, 3.05) is 20.2 Å². The third kappa shape index (κ3) is 3.64. The summed E-state index contributed by atoms with van der Waals surface area (Å²) in [5.41, 5.74) is -2.12. The van der Waals surface area contributed by atoms with Crippen LogP contribution in [0.3, 0.4) is 0 Å². The molecule has 1 aromatic carbocycles. The Labute approximate surface area is 180 Å². The maximum atomic E-state index is 13.9. The third-order valence-electron chi connectivity index (χ3n) is 6.57. The number of hydrogen-bond donors (Lipinski definition) is 2. The highest BCUT2D eigenvalue weighted by Crippen LogP contribution is 2.51. The quantitative estimate of drug-likeness (QED) is 0.685. The largest absolute Gasteiger partial charge is 0.489 e. The van der Waals surface area contributed by atoms with E-state index in [2.05, 4.69) is 5.32 Å². The van der Waals surface area contributed by atoms with Crippen LogP contribution in [-0.4, -0.2) is 52.8 Å².